The molecule has 3 fully saturated rings. The molecule has 2 saturated heterocycles. The summed E-state index contributed by atoms with van der Waals surface area (Å²) in [4.78, 5) is 39.0. The Balaban J connectivity index is 1.31. The molecular formula is C28H31F3N6O6S2. The Kier molecular flexibility index (Phi) is 8.76. The number of carbonyl (C=O) groups is 2. The number of aromatic nitrogens is 2. The number of hydrogen-bond donors (Lipinski definition) is 2. The summed E-state index contributed by atoms with van der Waals surface area (Å²) in [5, 5.41) is 1.67. The van der Waals surface area contributed by atoms with Gasteiger partial charge in [0.25, 0.3) is 11.3 Å². The van der Waals surface area contributed by atoms with E-state index in [0.717, 1.165) is 49.1 Å². The van der Waals surface area contributed by atoms with Crippen LogP contribution in [0.4, 0.5) is 29.1 Å². The van der Waals surface area contributed by atoms with Gasteiger partial charge in [0.1, 0.15) is 28.7 Å². The zero-order valence-corrected chi connectivity index (χ0v) is 25.6. The van der Waals surface area contributed by atoms with Crippen molar-refractivity contribution in [2.75, 3.05) is 41.2 Å². The number of nitrogens with two attached hydrogens (primary N) is 1. The number of anilines is 3. The van der Waals surface area contributed by atoms with Crippen LogP contribution < -0.4 is 19.7 Å². The third-order valence-electron chi connectivity index (χ3n) is 8.16. The fraction of sp³-hybridized carbons (Fsp3) is 0.500. The number of amides is 1. The average Bonchev–Trinajstić information content (AvgIpc) is 3.31. The van der Waals surface area contributed by atoms with Crippen molar-refractivity contribution in [1.29, 1.82) is 0 Å². The standard InChI is InChI=1S/C28H31F3N6O6S2/c29-28(30,31)43-22-13-19-17(5-7-33-24(19)32)11-18(22)12-21(26(39)42-15-16-3-4-16)36-10-6-20(25(36)38)37(45(40)41)23-14-34-27(44-23)35-8-1-2-9-35/h5,7,11,13-14,16,20-21H,1-4,6,8-10,12,15H2,(H2,32,33)(H,40,41)/t20-,21+/m0/s1. The number of nitrogen functional groups attached to an aromatic ring is 1. The molecule has 2 aromatic heterocycles. The molecule has 0 bridgehead atoms. The van der Waals surface area contributed by atoms with Gasteiger partial charge in [-0.2, -0.15) is 0 Å². The summed E-state index contributed by atoms with van der Waals surface area (Å²) in [6, 6.07) is 1.64. The van der Waals surface area contributed by atoms with Crippen LogP contribution in [0.1, 0.15) is 37.7 Å². The summed E-state index contributed by atoms with van der Waals surface area (Å²) in [6.07, 6.45) is 1.31. The molecule has 2 aliphatic heterocycles. The van der Waals surface area contributed by atoms with E-state index in [1.807, 2.05) is 0 Å². The van der Waals surface area contributed by atoms with Crippen LogP contribution in [0.3, 0.4) is 0 Å². The first kappa shape index (κ1) is 31.3. The fourth-order valence-corrected chi connectivity index (χ4v) is 7.57. The molecule has 45 heavy (non-hydrogen) atoms. The number of ether oxygens (including phenoxy) is 2. The molecule has 0 radical (unpaired) electrons. The fourth-order valence-electron chi connectivity index (χ4n) is 5.73. The SMILES string of the molecule is Nc1nccc2cc(C[C@H](C(=O)OCC3CC3)N3CC[C@H](N(c4cnc(N5CCCC5)s4)S(=O)O)C3=O)c(OC(F)(F)F)cc12. The van der Waals surface area contributed by atoms with Crippen molar-refractivity contribution in [2.45, 2.75) is 57.0 Å². The van der Waals surface area contributed by atoms with Crippen LogP contribution in [0, 0.1) is 5.92 Å². The molecule has 3 aromatic rings. The highest BCUT2D eigenvalue weighted by Gasteiger charge is 2.45. The van der Waals surface area contributed by atoms with Crippen LogP contribution in [0.15, 0.2) is 30.6 Å². The largest absolute Gasteiger partial charge is 0.573 e. The van der Waals surface area contributed by atoms with Crippen molar-refractivity contribution in [2.24, 2.45) is 5.92 Å². The molecule has 1 saturated carbocycles. The van der Waals surface area contributed by atoms with E-state index in [4.69, 9.17) is 10.5 Å². The van der Waals surface area contributed by atoms with Gasteiger partial charge in [-0.15, -0.1) is 13.2 Å². The first-order valence-electron chi connectivity index (χ1n) is 14.5. The molecule has 3 N–H and O–H groups in total. The molecular weight excluding hydrogens is 637 g/mol. The molecule has 6 rings (SSSR count). The molecule has 1 amide bonds. The lowest BCUT2D eigenvalue weighted by Gasteiger charge is -2.29. The Morgan fingerprint density at radius 3 is 2.64 bits per heavy atom. The molecule has 3 aliphatic rings. The lowest BCUT2D eigenvalue weighted by molar-refractivity contribution is -0.274. The molecule has 1 unspecified atom stereocenters. The number of alkyl halides is 3. The first-order valence-corrected chi connectivity index (χ1v) is 16.4. The van der Waals surface area contributed by atoms with E-state index in [0.29, 0.717) is 15.5 Å². The molecule has 17 heteroatoms. The minimum atomic E-state index is -5.05. The number of fused-ring (bicyclic) bond motifs is 1. The average molecular weight is 669 g/mol. The highest BCUT2D eigenvalue weighted by Crippen LogP contribution is 2.38. The number of halogens is 3. The second-order valence-electron chi connectivity index (χ2n) is 11.3. The smallest absolute Gasteiger partial charge is 0.464 e. The number of likely N-dealkylation sites (tertiary alicyclic amines) is 1. The third kappa shape index (κ3) is 6.94. The predicted molar refractivity (Wildman–Crippen MR) is 161 cm³/mol. The summed E-state index contributed by atoms with van der Waals surface area (Å²) >= 11 is -1.42. The number of hydrogen-bond acceptors (Lipinski definition) is 10. The van der Waals surface area contributed by atoms with Crippen LogP contribution in [-0.2, 0) is 32.0 Å². The van der Waals surface area contributed by atoms with Gasteiger partial charge in [-0.1, -0.05) is 11.3 Å². The van der Waals surface area contributed by atoms with Gasteiger partial charge in [0.15, 0.2) is 5.13 Å². The quantitative estimate of drug-likeness (QED) is 0.228. The predicted octanol–water partition coefficient (Wildman–Crippen LogP) is 3.88. The maximum atomic E-state index is 13.9. The van der Waals surface area contributed by atoms with Crippen molar-refractivity contribution < 1.29 is 41.0 Å². The molecule has 1 aliphatic carbocycles. The van der Waals surface area contributed by atoms with Crippen LogP contribution in [0.25, 0.3) is 10.8 Å². The van der Waals surface area contributed by atoms with Gasteiger partial charge < -0.3 is 25.0 Å². The van der Waals surface area contributed by atoms with Crippen LogP contribution in [0.5, 0.6) is 5.75 Å². The Hall–Kier alpha value is -3.70. The topological polar surface area (TPSA) is 151 Å². The summed E-state index contributed by atoms with van der Waals surface area (Å²) in [5.74, 6) is -1.81. The van der Waals surface area contributed by atoms with Gasteiger partial charge in [-0.05, 0) is 67.2 Å². The number of nitrogens with zero attached hydrogens (tertiary/aromatic N) is 5. The van der Waals surface area contributed by atoms with Gasteiger partial charge >= 0.3 is 12.3 Å². The van der Waals surface area contributed by atoms with Gasteiger partial charge in [0.05, 0.1) is 12.8 Å². The molecule has 3 atom stereocenters. The summed E-state index contributed by atoms with van der Waals surface area (Å²) in [6.45, 7) is 1.75. The molecule has 1 aromatic carbocycles. The van der Waals surface area contributed by atoms with E-state index in [2.05, 4.69) is 19.6 Å². The van der Waals surface area contributed by atoms with E-state index >= 15 is 0 Å². The lowest BCUT2D eigenvalue weighted by atomic mass is 10.00. The highest BCUT2D eigenvalue weighted by atomic mass is 32.2. The summed E-state index contributed by atoms with van der Waals surface area (Å²) in [7, 11) is 0. The zero-order chi connectivity index (χ0) is 31.9. The minimum absolute atomic E-state index is 0.00189. The van der Waals surface area contributed by atoms with Crippen LogP contribution in [0.2, 0.25) is 0 Å². The van der Waals surface area contributed by atoms with Crippen molar-refractivity contribution in [3.8, 4) is 5.75 Å². The Bertz CT molecular complexity index is 1610. The number of carbonyl (C=O) groups excluding carboxylic acids is 2. The van der Waals surface area contributed by atoms with E-state index in [9.17, 15) is 31.5 Å². The maximum absolute atomic E-state index is 13.9. The number of pyridine rings is 1. The van der Waals surface area contributed by atoms with Gasteiger partial charge in [0.2, 0.25) is 5.91 Å². The number of benzene rings is 1. The highest BCUT2D eigenvalue weighted by molar-refractivity contribution is 7.81. The van der Waals surface area contributed by atoms with E-state index in [1.54, 1.807) is 6.07 Å². The molecule has 4 heterocycles. The maximum Gasteiger partial charge on any atom is 0.573 e. The third-order valence-corrected chi connectivity index (χ3v) is 10.1. The summed E-state index contributed by atoms with van der Waals surface area (Å²) in [5.41, 5.74) is 5.90. The number of thiazole rings is 1. The van der Waals surface area contributed by atoms with Crippen LogP contribution in [-0.4, -0.2) is 80.2 Å². The normalized spacial score (nSPS) is 20.1. The Morgan fingerprint density at radius 1 is 1.20 bits per heavy atom. The lowest BCUT2D eigenvalue weighted by Crippen LogP contribution is -2.49. The van der Waals surface area contributed by atoms with Gasteiger partial charge in [-0.25, -0.2) is 23.3 Å². The molecule has 0 spiro atoms. The number of rotatable bonds is 11. The second-order valence-corrected chi connectivity index (χ2v) is 13.1. The second kappa shape index (κ2) is 12.6. The monoisotopic (exact) mass is 668 g/mol. The Morgan fingerprint density at radius 2 is 1.96 bits per heavy atom. The van der Waals surface area contributed by atoms with Crippen molar-refractivity contribution >= 4 is 61.2 Å². The van der Waals surface area contributed by atoms with Crippen LogP contribution >= 0.6 is 11.3 Å². The summed E-state index contributed by atoms with van der Waals surface area (Å²) < 4.78 is 74.2. The zero-order valence-electron chi connectivity index (χ0n) is 23.9. The van der Waals surface area contributed by atoms with Crippen molar-refractivity contribution in [3.05, 3.63) is 36.2 Å². The van der Waals surface area contributed by atoms with E-state index in [-0.39, 0.29) is 48.7 Å². The molecule has 242 valence electrons. The molecule has 12 nitrogen and oxygen atoms in total. The number of esters is 1. The van der Waals surface area contributed by atoms with E-state index in [1.165, 1.54) is 34.7 Å². The van der Waals surface area contributed by atoms with Gasteiger partial charge in [-0.3, -0.25) is 9.35 Å². The van der Waals surface area contributed by atoms with Crippen molar-refractivity contribution in [1.82, 2.24) is 14.9 Å². The van der Waals surface area contributed by atoms with E-state index < -0.39 is 47.3 Å². The minimum Gasteiger partial charge on any atom is -0.464 e. The first-order chi connectivity index (χ1) is 21.5. The van der Waals surface area contributed by atoms with Gasteiger partial charge in [0, 0.05) is 37.6 Å². The Labute approximate surface area is 262 Å². The van der Waals surface area contributed by atoms with Crippen molar-refractivity contribution in [3.63, 3.8) is 0 Å².